The molecular formula is C19H31NO. The Labute approximate surface area is 130 Å². The molecule has 0 aromatic heterocycles. The quantitative estimate of drug-likeness (QED) is 0.644. The molecule has 0 aliphatic heterocycles. The fourth-order valence-corrected chi connectivity index (χ4v) is 3.19. The summed E-state index contributed by atoms with van der Waals surface area (Å²) in [6, 6.07) is 7.12. The number of fused-ring (bicyclic) bond motifs is 1. The highest BCUT2D eigenvalue weighted by molar-refractivity contribution is 5.43. The Balaban J connectivity index is 1.96. The van der Waals surface area contributed by atoms with Gasteiger partial charge in [-0.05, 0) is 55.8 Å². The lowest BCUT2D eigenvalue weighted by Gasteiger charge is -2.28. The Kier molecular flexibility index (Phi) is 7.08. The maximum atomic E-state index is 6.08. The molecule has 0 fully saturated rings. The van der Waals surface area contributed by atoms with Gasteiger partial charge in [0.2, 0.25) is 0 Å². The van der Waals surface area contributed by atoms with Crippen molar-refractivity contribution < 1.29 is 4.74 Å². The van der Waals surface area contributed by atoms with Crippen molar-refractivity contribution >= 4 is 0 Å². The Morgan fingerprint density at radius 3 is 2.86 bits per heavy atom. The van der Waals surface area contributed by atoms with Crippen molar-refractivity contribution in [1.82, 2.24) is 5.32 Å². The van der Waals surface area contributed by atoms with E-state index in [-0.39, 0.29) is 0 Å². The predicted octanol–water partition coefficient (Wildman–Crippen LogP) is 5.02. The molecule has 118 valence electrons. The van der Waals surface area contributed by atoms with E-state index in [1.165, 1.54) is 62.5 Å². The molecule has 0 bridgehead atoms. The minimum Gasteiger partial charge on any atom is -0.493 e. The molecule has 1 aliphatic rings. The van der Waals surface area contributed by atoms with Crippen LogP contribution < -0.4 is 10.1 Å². The van der Waals surface area contributed by atoms with E-state index in [1.807, 2.05) is 0 Å². The second-order valence-electron chi connectivity index (χ2n) is 6.13. The SMILES string of the molecule is CCCCCCOc1cccc2c1CCCC2NCCC. The van der Waals surface area contributed by atoms with Gasteiger partial charge in [0.15, 0.2) is 0 Å². The molecule has 0 saturated carbocycles. The van der Waals surface area contributed by atoms with Gasteiger partial charge in [-0.15, -0.1) is 0 Å². The van der Waals surface area contributed by atoms with Gasteiger partial charge in [-0.2, -0.15) is 0 Å². The van der Waals surface area contributed by atoms with Crippen LogP contribution in [-0.2, 0) is 6.42 Å². The molecule has 1 aromatic carbocycles. The molecule has 0 saturated heterocycles. The van der Waals surface area contributed by atoms with Crippen LogP contribution in [0.4, 0.5) is 0 Å². The fourth-order valence-electron chi connectivity index (χ4n) is 3.19. The topological polar surface area (TPSA) is 21.3 Å². The average molecular weight is 289 g/mol. The van der Waals surface area contributed by atoms with Crippen LogP contribution in [0, 0.1) is 0 Å². The summed E-state index contributed by atoms with van der Waals surface area (Å²) in [7, 11) is 0. The largest absolute Gasteiger partial charge is 0.493 e. The van der Waals surface area contributed by atoms with Crippen molar-refractivity contribution in [3.63, 3.8) is 0 Å². The van der Waals surface area contributed by atoms with Crippen molar-refractivity contribution in [1.29, 1.82) is 0 Å². The molecule has 2 rings (SSSR count). The molecule has 0 amide bonds. The normalized spacial score (nSPS) is 17.5. The van der Waals surface area contributed by atoms with E-state index in [0.29, 0.717) is 6.04 Å². The van der Waals surface area contributed by atoms with Crippen LogP contribution in [0.1, 0.15) is 76.0 Å². The maximum Gasteiger partial charge on any atom is 0.122 e. The van der Waals surface area contributed by atoms with Gasteiger partial charge in [0.05, 0.1) is 6.61 Å². The summed E-state index contributed by atoms with van der Waals surface area (Å²) >= 11 is 0. The van der Waals surface area contributed by atoms with Gasteiger partial charge in [-0.3, -0.25) is 0 Å². The highest BCUT2D eigenvalue weighted by Crippen LogP contribution is 2.35. The highest BCUT2D eigenvalue weighted by atomic mass is 16.5. The summed E-state index contributed by atoms with van der Waals surface area (Å²) < 4.78 is 6.08. The summed E-state index contributed by atoms with van der Waals surface area (Å²) in [5.74, 6) is 1.13. The summed E-state index contributed by atoms with van der Waals surface area (Å²) in [4.78, 5) is 0. The van der Waals surface area contributed by atoms with Gasteiger partial charge in [-0.25, -0.2) is 0 Å². The van der Waals surface area contributed by atoms with E-state index < -0.39 is 0 Å². The van der Waals surface area contributed by atoms with Crippen molar-refractivity contribution in [2.75, 3.05) is 13.2 Å². The third-order valence-electron chi connectivity index (χ3n) is 4.36. The summed E-state index contributed by atoms with van der Waals surface area (Å²) in [5, 5.41) is 3.68. The molecular weight excluding hydrogens is 258 g/mol. The number of rotatable bonds is 9. The molecule has 1 atom stereocenters. The first-order valence-corrected chi connectivity index (χ1v) is 8.84. The van der Waals surface area contributed by atoms with E-state index >= 15 is 0 Å². The molecule has 2 heteroatoms. The second-order valence-corrected chi connectivity index (χ2v) is 6.13. The van der Waals surface area contributed by atoms with Crippen molar-refractivity contribution in [3.8, 4) is 5.75 Å². The Morgan fingerprint density at radius 1 is 1.14 bits per heavy atom. The second kappa shape index (κ2) is 9.09. The minimum absolute atomic E-state index is 0.525. The van der Waals surface area contributed by atoms with Gasteiger partial charge < -0.3 is 10.1 Å². The lowest BCUT2D eigenvalue weighted by atomic mass is 9.87. The van der Waals surface area contributed by atoms with Crippen LogP contribution >= 0.6 is 0 Å². The van der Waals surface area contributed by atoms with Gasteiger partial charge in [0.25, 0.3) is 0 Å². The molecule has 1 N–H and O–H groups in total. The number of hydrogen-bond donors (Lipinski definition) is 1. The van der Waals surface area contributed by atoms with Gasteiger partial charge in [0.1, 0.15) is 5.75 Å². The zero-order valence-corrected chi connectivity index (χ0v) is 13.8. The number of unbranched alkanes of at least 4 members (excludes halogenated alkanes) is 3. The maximum absolute atomic E-state index is 6.08. The smallest absolute Gasteiger partial charge is 0.122 e. The predicted molar refractivity (Wildman–Crippen MR) is 90.1 cm³/mol. The number of ether oxygens (including phenoxy) is 1. The third-order valence-corrected chi connectivity index (χ3v) is 4.36. The van der Waals surface area contributed by atoms with Crippen LogP contribution in [-0.4, -0.2) is 13.2 Å². The molecule has 1 unspecified atom stereocenters. The lowest BCUT2D eigenvalue weighted by Crippen LogP contribution is -2.26. The van der Waals surface area contributed by atoms with E-state index in [1.54, 1.807) is 0 Å². The van der Waals surface area contributed by atoms with Crippen LogP contribution in [0.5, 0.6) is 5.75 Å². The molecule has 2 nitrogen and oxygen atoms in total. The summed E-state index contributed by atoms with van der Waals surface area (Å²) in [6.07, 6.45) is 9.95. The fraction of sp³-hybridized carbons (Fsp3) is 0.684. The first-order chi connectivity index (χ1) is 10.4. The van der Waals surface area contributed by atoms with Gasteiger partial charge in [0, 0.05) is 6.04 Å². The van der Waals surface area contributed by atoms with E-state index in [9.17, 15) is 0 Å². The standard InChI is InChI=1S/C19H31NO/c1-3-5-6-7-15-21-19-13-9-10-16-17(19)11-8-12-18(16)20-14-4-2/h9-10,13,18,20H,3-8,11-12,14-15H2,1-2H3. The van der Waals surface area contributed by atoms with Gasteiger partial charge in [-0.1, -0.05) is 45.2 Å². The van der Waals surface area contributed by atoms with Crippen LogP contribution in [0.2, 0.25) is 0 Å². The third kappa shape index (κ3) is 4.74. The summed E-state index contributed by atoms with van der Waals surface area (Å²) in [5.41, 5.74) is 2.92. The van der Waals surface area contributed by atoms with Crippen molar-refractivity contribution in [2.45, 2.75) is 71.3 Å². The number of hydrogen-bond acceptors (Lipinski definition) is 2. The van der Waals surface area contributed by atoms with Crippen LogP contribution in [0.15, 0.2) is 18.2 Å². The van der Waals surface area contributed by atoms with Crippen molar-refractivity contribution in [3.05, 3.63) is 29.3 Å². The van der Waals surface area contributed by atoms with E-state index in [4.69, 9.17) is 4.74 Å². The molecule has 0 spiro atoms. The zero-order valence-electron chi connectivity index (χ0n) is 13.8. The first kappa shape index (κ1) is 16.4. The van der Waals surface area contributed by atoms with Crippen LogP contribution in [0.25, 0.3) is 0 Å². The molecule has 21 heavy (non-hydrogen) atoms. The Hall–Kier alpha value is -1.02. The highest BCUT2D eigenvalue weighted by Gasteiger charge is 2.22. The number of benzene rings is 1. The Morgan fingerprint density at radius 2 is 2.05 bits per heavy atom. The molecule has 0 radical (unpaired) electrons. The molecule has 0 heterocycles. The monoisotopic (exact) mass is 289 g/mol. The average Bonchev–Trinajstić information content (AvgIpc) is 2.53. The summed E-state index contributed by atoms with van der Waals surface area (Å²) in [6.45, 7) is 6.44. The lowest BCUT2D eigenvalue weighted by molar-refractivity contribution is 0.299. The van der Waals surface area contributed by atoms with E-state index in [0.717, 1.165) is 18.9 Å². The molecule has 1 aromatic rings. The van der Waals surface area contributed by atoms with Gasteiger partial charge >= 0.3 is 0 Å². The minimum atomic E-state index is 0.525. The number of nitrogens with one attached hydrogen (secondary N) is 1. The molecule has 1 aliphatic carbocycles. The first-order valence-electron chi connectivity index (χ1n) is 8.84. The Bertz CT molecular complexity index is 416. The van der Waals surface area contributed by atoms with Crippen molar-refractivity contribution in [2.24, 2.45) is 0 Å². The van der Waals surface area contributed by atoms with Crippen LogP contribution in [0.3, 0.4) is 0 Å². The van der Waals surface area contributed by atoms with E-state index in [2.05, 4.69) is 37.4 Å². The zero-order chi connectivity index (χ0) is 14.9.